The van der Waals surface area contributed by atoms with Gasteiger partial charge in [0, 0.05) is 69.4 Å². The number of anilines is 1. The van der Waals surface area contributed by atoms with Gasteiger partial charge >= 0.3 is 5.69 Å². The number of hydrogen-bond donors (Lipinski definition) is 2. The molecule has 0 bridgehead atoms. The maximum Gasteiger partial charge on any atom is 0.329 e. The molecular formula is C38H45N9O7S. The van der Waals surface area contributed by atoms with Crippen LogP contribution >= 0.6 is 0 Å². The number of rotatable bonds is 8. The minimum Gasteiger partial charge on any atom is -0.365 e. The standard InChI is InChI=1S/C38H45N9O7S/c1-43-34-25(6-4-10-30(34)47(38(43)51)31-12-13-32(48)41-36(31)50)7-5-23-54-29-17-21-45(22-18-29)55(52,53)44-19-15-27(16-20-44)40-37-39-24-26-11-14-33(49)46(35(26)42-37)28-8-2-3-9-28/h4,6,10-11,14,24,27-29,31H,2-3,8-9,12-13,15-23H2,1H3,(H,39,40,42)(H,41,48,50). The maximum atomic E-state index is 13.6. The average molecular weight is 772 g/mol. The van der Waals surface area contributed by atoms with E-state index >= 15 is 0 Å². The second kappa shape index (κ2) is 15.3. The van der Waals surface area contributed by atoms with Gasteiger partial charge in [-0.3, -0.25) is 33.4 Å². The Morgan fingerprint density at radius 2 is 1.64 bits per heavy atom. The summed E-state index contributed by atoms with van der Waals surface area (Å²) in [5.74, 6) is 5.76. The highest BCUT2D eigenvalue weighted by Crippen LogP contribution is 2.31. The lowest BCUT2D eigenvalue weighted by Gasteiger charge is -2.37. The first-order chi connectivity index (χ1) is 26.6. The van der Waals surface area contributed by atoms with Crippen LogP contribution < -0.4 is 21.9 Å². The summed E-state index contributed by atoms with van der Waals surface area (Å²) < 4.78 is 41.1. The summed E-state index contributed by atoms with van der Waals surface area (Å²) in [6.45, 7) is 1.59. The number of ether oxygens (including phenoxy) is 1. The number of amides is 2. The summed E-state index contributed by atoms with van der Waals surface area (Å²) in [7, 11) is -2.01. The molecule has 1 unspecified atom stereocenters. The molecule has 3 saturated heterocycles. The lowest BCUT2D eigenvalue weighted by Crippen LogP contribution is -2.51. The van der Waals surface area contributed by atoms with E-state index in [2.05, 4.69) is 27.5 Å². The van der Waals surface area contributed by atoms with E-state index in [9.17, 15) is 27.6 Å². The number of imide groups is 1. The molecule has 16 nitrogen and oxygen atoms in total. The first kappa shape index (κ1) is 37.1. The number of aryl methyl sites for hydroxylation is 1. The first-order valence-electron chi connectivity index (χ1n) is 19.1. The Morgan fingerprint density at radius 1 is 0.909 bits per heavy atom. The highest BCUT2D eigenvalue weighted by atomic mass is 32.2. The third kappa shape index (κ3) is 7.31. The van der Waals surface area contributed by atoms with Crippen molar-refractivity contribution < 1.29 is 22.7 Å². The van der Waals surface area contributed by atoms with E-state index < -0.39 is 22.2 Å². The number of imidazole rings is 1. The Bertz CT molecular complexity index is 2420. The summed E-state index contributed by atoms with van der Waals surface area (Å²) in [4.78, 5) is 59.5. The van der Waals surface area contributed by atoms with E-state index in [-0.39, 0.29) is 54.8 Å². The van der Waals surface area contributed by atoms with Crippen LogP contribution in [0.25, 0.3) is 22.1 Å². The van der Waals surface area contributed by atoms with Gasteiger partial charge in [0.1, 0.15) is 18.3 Å². The predicted molar refractivity (Wildman–Crippen MR) is 204 cm³/mol. The number of hydrogen-bond acceptors (Lipinski definition) is 10. The molecule has 0 radical (unpaired) electrons. The van der Waals surface area contributed by atoms with E-state index in [0.29, 0.717) is 80.1 Å². The Kier molecular flexibility index (Phi) is 10.3. The monoisotopic (exact) mass is 771 g/mol. The second-order valence-corrected chi connectivity index (χ2v) is 16.8. The lowest BCUT2D eigenvalue weighted by atomic mass is 10.1. The minimum absolute atomic E-state index is 0.00150. The zero-order valence-corrected chi connectivity index (χ0v) is 31.6. The molecule has 1 aromatic carbocycles. The maximum absolute atomic E-state index is 13.6. The van der Waals surface area contributed by atoms with Crippen LogP contribution in [0.2, 0.25) is 0 Å². The molecule has 6 heterocycles. The molecule has 4 aromatic rings. The Balaban J connectivity index is 0.833. The number of benzene rings is 1. The number of nitrogens with one attached hydrogen (secondary N) is 2. The number of carbonyl (C=O) groups excluding carboxylic acids is 2. The molecule has 3 aromatic heterocycles. The molecule has 0 spiro atoms. The molecular weight excluding hydrogens is 727 g/mol. The lowest BCUT2D eigenvalue weighted by molar-refractivity contribution is -0.135. The Hall–Kier alpha value is -4.89. The highest BCUT2D eigenvalue weighted by molar-refractivity contribution is 7.86. The summed E-state index contributed by atoms with van der Waals surface area (Å²) in [6.07, 6.45) is 8.44. The van der Waals surface area contributed by atoms with Crippen molar-refractivity contribution >= 4 is 50.0 Å². The van der Waals surface area contributed by atoms with Crippen LogP contribution in [0.3, 0.4) is 0 Å². The summed E-state index contributed by atoms with van der Waals surface area (Å²) in [5, 5.41) is 6.54. The zero-order chi connectivity index (χ0) is 38.3. The zero-order valence-electron chi connectivity index (χ0n) is 30.8. The van der Waals surface area contributed by atoms with Gasteiger partial charge < -0.3 is 10.1 Å². The van der Waals surface area contributed by atoms with Crippen LogP contribution in [0.15, 0.2) is 46.1 Å². The van der Waals surface area contributed by atoms with Gasteiger partial charge in [-0.25, -0.2) is 9.78 Å². The van der Waals surface area contributed by atoms with E-state index in [1.165, 1.54) is 13.4 Å². The fourth-order valence-corrected chi connectivity index (χ4v) is 10.2. The van der Waals surface area contributed by atoms with Crippen molar-refractivity contribution in [1.29, 1.82) is 0 Å². The van der Waals surface area contributed by atoms with Gasteiger partial charge in [0.25, 0.3) is 15.8 Å². The Labute approximate surface area is 318 Å². The van der Waals surface area contributed by atoms with Gasteiger partial charge in [-0.1, -0.05) is 30.7 Å². The van der Waals surface area contributed by atoms with Crippen LogP contribution in [0.1, 0.15) is 81.9 Å². The molecule has 3 aliphatic heterocycles. The van der Waals surface area contributed by atoms with E-state index in [1.54, 1.807) is 47.9 Å². The van der Waals surface area contributed by atoms with Gasteiger partial charge in [-0.05, 0) is 63.1 Å². The first-order valence-corrected chi connectivity index (χ1v) is 20.5. The van der Waals surface area contributed by atoms with Crippen molar-refractivity contribution in [2.24, 2.45) is 7.05 Å². The third-order valence-corrected chi connectivity index (χ3v) is 13.5. The predicted octanol–water partition coefficient (Wildman–Crippen LogP) is 2.19. The van der Waals surface area contributed by atoms with Crippen LogP contribution in [0.5, 0.6) is 0 Å². The quantitative estimate of drug-likeness (QED) is 0.199. The van der Waals surface area contributed by atoms with Crippen molar-refractivity contribution in [3.63, 3.8) is 0 Å². The molecule has 8 rings (SSSR count). The van der Waals surface area contributed by atoms with Crippen molar-refractivity contribution in [3.05, 3.63) is 62.9 Å². The topological polar surface area (TPSA) is 183 Å². The van der Waals surface area contributed by atoms with Crippen molar-refractivity contribution in [3.8, 4) is 11.8 Å². The van der Waals surface area contributed by atoms with E-state index in [0.717, 1.165) is 31.1 Å². The summed E-state index contributed by atoms with van der Waals surface area (Å²) >= 11 is 0. The number of nitrogens with zero attached hydrogens (tertiary/aromatic N) is 7. The molecule has 4 aliphatic rings. The van der Waals surface area contributed by atoms with Gasteiger partial charge in [0.2, 0.25) is 17.8 Å². The number of para-hydroxylation sites is 1. The molecule has 1 atom stereocenters. The average Bonchev–Trinajstić information content (AvgIpc) is 3.80. The van der Waals surface area contributed by atoms with E-state index in [4.69, 9.17) is 9.72 Å². The molecule has 4 fully saturated rings. The van der Waals surface area contributed by atoms with Crippen molar-refractivity contribution in [2.75, 3.05) is 38.1 Å². The van der Waals surface area contributed by atoms with Crippen molar-refractivity contribution in [2.45, 2.75) is 88.4 Å². The number of pyridine rings is 1. The molecule has 290 valence electrons. The van der Waals surface area contributed by atoms with Gasteiger partial charge in [-0.15, -0.1) is 0 Å². The molecule has 55 heavy (non-hydrogen) atoms. The minimum atomic E-state index is -3.64. The fourth-order valence-electron chi connectivity index (χ4n) is 8.49. The van der Waals surface area contributed by atoms with E-state index in [1.807, 2.05) is 4.57 Å². The molecule has 1 saturated carbocycles. The number of carbonyl (C=O) groups is 2. The smallest absolute Gasteiger partial charge is 0.329 e. The van der Waals surface area contributed by atoms with Crippen LogP contribution in [-0.4, -0.2) is 97.4 Å². The summed E-state index contributed by atoms with van der Waals surface area (Å²) in [6, 6.07) is 8.07. The number of piperidine rings is 3. The Morgan fingerprint density at radius 3 is 2.36 bits per heavy atom. The summed E-state index contributed by atoms with van der Waals surface area (Å²) in [5.41, 5.74) is 2.00. The molecule has 2 amide bonds. The van der Waals surface area contributed by atoms with Gasteiger partial charge in [-0.2, -0.15) is 22.0 Å². The fraction of sp³-hybridized carbons (Fsp3) is 0.526. The van der Waals surface area contributed by atoms with Gasteiger partial charge in [0.15, 0.2) is 0 Å². The van der Waals surface area contributed by atoms with Crippen LogP contribution in [0.4, 0.5) is 5.95 Å². The van der Waals surface area contributed by atoms with Crippen LogP contribution in [-0.2, 0) is 31.6 Å². The largest absolute Gasteiger partial charge is 0.365 e. The third-order valence-electron chi connectivity index (χ3n) is 11.4. The normalized spacial score (nSPS) is 21.2. The SMILES string of the molecule is Cn1c(=O)n(C2CCC(=O)NC2=O)c2cccc(C#CCOC3CCN(S(=O)(=O)N4CCC(Nc5ncc6ccc(=O)n(C7CCCC7)c6n5)CC4)CC3)c21. The molecule has 17 heteroatoms. The number of fused-ring (bicyclic) bond motifs is 2. The molecule has 1 aliphatic carbocycles. The highest BCUT2D eigenvalue weighted by Gasteiger charge is 2.36. The number of aromatic nitrogens is 5. The van der Waals surface area contributed by atoms with Gasteiger partial charge in [0.05, 0.1) is 22.7 Å². The van der Waals surface area contributed by atoms with Crippen molar-refractivity contribution in [1.82, 2.24) is 37.6 Å². The van der Waals surface area contributed by atoms with Crippen LogP contribution in [0, 0.1) is 11.8 Å². The second-order valence-electron chi connectivity index (χ2n) is 14.8. The molecule has 2 N–H and O–H groups in total.